The molecule has 4 rings (SSSR count). The lowest BCUT2D eigenvalue weighted by atomic mass is 10.1. The second kappa shape index (κ2) is 17.9. The van der Waals surface area contributed by atoms with E-state index in [1.807, 2.05) is 72.8 Å². The number of para-hydroxylation sites is 2. The van der Waals surface area contributed by atoms with E-state index in [0.29, 0.717) is 6.10 Å². The van der Waals surface area contributed by atoms with Crippen LogP contribution in [0, 0.1) is 0 Å². The molecule has 4 aromatic rings. The van der Waals surface area contributed by atoms with Crippen LogP contribution in [-0.2, 0) is 0 Å². The van der Waals surface area contributed by atoms with Gasteiger partial charge in [0.2, 0.25) is 0 Å². The molecule has 36 heavy (non-hydrogen) atoms. The third-order valence-corrected chi connectivity index (χ3v) is 5.38. The average Bonchev–Trinajstić information content (AvgIpc) is 2.94. The van der Waals surface area contributed by atoms with E-state index in [0.717, 1.165) is 49.7 Å². The highest BCUT2D eigenvalue weighted by atomic mass is 16.5. The Bertz CT molecular complexity index is 1060. The molecule has 0 aromatic heterocycles. The largest absolute Gasteiger partial charge is 0.494 e. The smallest absolute Gasteiger partial charge is 0.127 e. The van der Waals surface area contributed by atoms with E-state index >= 15 is 0 Å². The molecule has 1 unspecified atom stereocenters. The molecule has 0 radical (unpaired) electrons. The first kappa shape index (κ1) is 28.8. The van der Waals surface area contributed by atoms with Crippen LogP contribution in [0.2, 0.25) is 0 Å². The van der Waals surface area contributed by atoms with E-state index in [1.54, 1.807) is 0 Å². The summed E-state index contributed by atoms with van der Waals surface area (Å²) in [7, 11) is 0. The van der Waals surface area contributed by atoms with E-state index in [1.165, 1.54) is 17.2 Å². The highest BCUT2D eigenvalue weighted by Gasteiger charge is 2.00. The minimum atomic E-state index is 0.317. The fraction of sp³-hybridized carbons (Fsp3) is 0.333. The van der Waals surface area contributed by atoms with Gasteiger partial charge in [-0.1, -0.05) is 100.0 Å². The highest BCUT2D eigenvalue weighted by Crippen LogP contribution is 2.25. The Labute approximate surface area is 218 Å². The van der Waals surface area contributed by atoms with Crippen molar-refractivity contribution in [2.45, 2.75) is 59.5 Å². The third kappa shape index (κ3) is 11.3. The summed E-state index contributed by atoms with van der Waals surface area (Å²) in [5.41, 5.74) is 0. The Hall–Kier alpha value is -3.46. The Morgan fingerprint density at radius 2 is 1.19 bits per heavy atom. The van der Waals surface area contributed by atoms with Gasteiger partial charge in [0.1, 0.15) is 17.2 Å². The van der Waals surface area contributed by atoms with Crippen LogP contribution in [0.1, 0.15) is 53.4 Å². The molecule has 0 saturated heterocycles. The molecule has 0 N–H and O–H groups in total. The van der Waals surface area contributed by atoms with E-state index in [-0.39, 0.29) is 0 Å². The third-order valence-electron chi connectivity index (χ3n) is 5.38. The van der Waals surface area contributed by atoms with Crippen LogP contribution in [0.15, 0.2) is 103 Å². The summed E-state index contributed by atoms with van der Waals surface area (Å²) in [6.07, 6.45) is 4.72. The molecule has 1 atom stereocenters. The SMILES string of the molecule is CCC(C)Oc1ccccc1.CCCCOc1cccc2ccccc12.CCCOc1ccccc1. The first-order chi connectivity index (χ1) is 17.7. The molecular formula is C33H42O3. The summed E-state index contributed by atoms with van der Waals surface area (Å²) in [5.74, 6) is 2.92. The van der Waals surface area contributed by atoms with Gasteiger partial charge < -0.3 is 14.2 Å². The molecule has 0 aliphatic rings. The van der Waals surface area contributed by atoms with Gasteiger partial charge in [-0.05, 0) is 61.9 Å². The van der Waals surface area contributed by atoms with Crippen molar-refractivity contribution in [2.24, 2.45) is 0 Å². The first-order valence-corrected chi connectivity index (χ1v) is 13.2. The van der Waals surface area contributed by atoms with Crippen molar-refractivity contribution in [1.82, 2.24) is 0 Å². The normalized spacial score (nSPS) is 10.8. The van der Waals surface area contributed by atoms with Crippen LogP contribution >= 0.6 is 0 Å². The van der Waals surface area contributed by atoms with Gasteiger partial charge in [-0.3, -0.25) is 0 Å². The minimum Gasteiger partial charge on any atom is -0.494 e. The predicted molar refractivity (Wildman–Crippen MR) is 153 cm³/mol. The Balaban J connectivity index is 0.000000196. The molecule has 0 aliphatic carbocycles. The van der Waals surface area contributed by atoms with Crippen molar-refractivity contribution in [2.75, 3.05) is 13.2 Å². The number of rotatable bonds is 10. The maximum atomic E-state index is 5.76. The number of hydrogen-bond donors (Lipinski definition) is 0. The molecule has 0 heterocycles. The highest BCUT2D eigenvalue weighted by molar-refractivity contribution is 5.88. The average molecular weight is 487 g/mol. The standard InChI is InChI=1S/C14H16O.C10H14O.C9H12O/c1-2-3-11-15-14-10-6-8-12-7-4-5-9-13(12)14;1-3-9(2)11-10-7-5-4-6-8-10;1-2-8-10-9-6-4-3-5-7-9/h4-10H,2-3,11H2,1H3;4-9H,3H2,1-2H3;3-7H,2,8H2,1H3. The molecule has 3 heteroatoms. The van der Waals surface area contributed by atoms with Gasteiger partial charge >= 0.3 is 0 Å². The van der Waals surface area contributed by atoms with Gasteiger partial charge in [-0.15, -0.1) is 0 Å². The second-order valence-corrected chi connectivity index (χ2v) is 8.49. The van der Waals surface area contributed by atoms with Crippen molar-refractivity contribution >= 4 is 10.8 Å². The molecule has 0 bridgehead atoms. The summed E-state index contributed by atoms with van der Waals surface area (Å²) < 4.78 is 16.7. The fourth-order valence-electron chi connectivity index (χ4n) is 3.20. The number of ether oxygens (including phenoxy) is 3. The summed E-state index contributed by atoms with van der Waals surface area (Å²) in [6.45, 7) is 10.1. The van der Waals surface area contributed by atoms with E-state index in [2.05, 4.69) is 58.0 Å². The Morgan fingerprint density at radius 1 is 0.583 bits per heavy atom. The van der Waals surface area contributed by atoms with E-state index < -0.39 is 0 Å². The molecule has 3 nitrogen and oxygen atoms in total. The number of unbranched alkanes of at least 4 members (excludes halogenated alkanes) is 1. The van der Waals surface area contributed by atoms with Crippen LogP contribution < -0.4 is 14.2 Å². The zero-order valence-electron chi connectivity index (χ0n) is 22.4. The Kier molecular flexibility index (Phi) is 14.3. The zero-order chi connectivity index (χ0) is 25.8. The van der Waals surface area contributed by atoms with Crippen molar-refractivity contribution in [3.8, 4) is 17.2 Å². The maximum Gasteiger partial charge on any atom is 0.127 e. The van der Waals surface area contributed by atoms with Gasteiger partial charge in [-0.25, -0.2) is 0 Å². The quantitative estimate of drug-likeness (QED) is 0.209. The molecule has 0 fully saturated rings. The van der Waals surface area contributed by atoms with Crippen molar-refractivity contribution in [1.29, 1.82) is 0 Å². The van der Waals surface area contributed by atoms with Crippen molar-refractivity contribution < 1.29 is 14.2 Å². The first-order valence-electron chi connectivity index (χ1n) is 13.2. The van der Waals surface area contributed by atoms with Crippen LogP contribution in [0.3, 0.4) is 0 Å². The van der Waals surface area contributed by atoms with Gasteiger partial charge in [0.25, 0.3) is 0 Å². The molecule has 0 aliphatic heterocycles. The Morgan fingerprint density at radius 3 is 1.83 bits per heavy atom. The van der Waals surface area contributed by atoms with Crippen LogP contribution in [0.4, 0.5) is 0 Å². The minimum absolute atomic E-state index is 0.317. The monoisotopic (exact) mass is 486 g/mol. The topological polar surface area (TPSA) is 27.7 Å². The molecule has 0 saturated carbocycles. The summed E-state index contributed by atoms with van der Waals surface area (Å²) in [5, 5.41) is 2.45. The van der Waals surface area contributed by atoms with Crippen molar-refractivity contribution in [3.63, 3.8) is 0 Å². The second-order valence-electron chi connectivity index (χ2n) is 8.49. The zero-order valence-corrected chi connectivity index (χ0v) is 22.4. The van der Waals surface area contributed by atoms with E-state index in [4.69, 9.17) is 14.2 Å². The molecule has 4 aromatic carbocycles. The molecule has 0 spiro atoms. The molecule has 192 valence electrons. The summed E-state index contributed by atoms with van der Waals surface area (Å²) >= 11 is 0. The van der Waals surface area contributed by atoms with Crippen LogP contribution in [0.5, 0.6) is 17.2 Å². The number of hydrogen-bond acceptors (Lipinski definition) is 3. The summed E-state index contributed by atoms with van der Waals surface area (Å²) in [4.78, 5) is 0. The predicted octanol–water partition coefficient (Wildman–Crippen LogP) is 9.36. The van der Waals surface area contributed by atoms with Crippen LogP contribution in [-0.4, -0.2) is 19.3 Å². The number of benzene rings is 4. The van der Waals surface area contributed by atoms with Crippen LogP contribution in [0.25, 0.3) is 10.8 Å². The maximum absolute atomic E-state index is 5.76. The lowest BCUT2D eigenvalue weighted by Gasteiger charge is -2.11. The van der Waals surface area contributed by atoms with Gasteiger partial charge in [-0.2, -0.15) is 0 Å². The fourth-order valence-corrected chi connectivity index (χ4v) is 3.20. The molecular weight excluding hydrogens is 444 g/mol. The lowest BCUT2D eigenvalue weighted by molar-refractivity contribution is 0.217. The van der Waals surface area contributed by atoms with Gasteiger partial charge in [0.15, 0.2) is 0 Å². The van der Waals surface area contributed by atoms with Gasteiger partial charge in [0, 0.05) is 5.39 Å². The van der Waals surface area contributed by atoms with Gasteiger partial charge in [0.05, 0.1) is 19.3 Å². The van der Waals surface area contributed by atoms with Crippen molar-refractivity contribution in [3.05, 3.63) is 103 Å². The summed E-state index contributed by atoms with van der Waals surface area (Å²) in [6, 6.07) is 34.3. The van der Waals surface area contributed by atoms with E-state index in [9.17, 15) is 0 Å². The molecule has 0 amide bonds. The number of fused-ring (bicyclic) bond motifs is 1. The lowest BCUT2D eigenvalue weighted by Crippen LogP contribution is -2.09.